The molecule has 5 nitrogen and oxygen atoms in total. The normalized spacial score (nSPS) is 14.9. The molecule has 4 aromatic rings. The molecular formula is C19H15F3N4OS2. The van der Waals surface area contributed by atoms with Crippen LogP contribution in [0.3, 0.4) is 0 Å². The second-order valence-electron chi connectivity index (χ2n) is 6.69. The van der Waals surface area contributed by atoms with Crippen molar-refractivity contribution < 1.29 is 17.6 Å². The molecule has 29 heavy (non-hydrogen) atoms. The summed E-state index contributed by atoms with van der Waals surface area (Å²) in [6.07, 6.45) is 4.02. The Morgan fingerprint density at radius 1 is 1.24 bits per heavy atom. The Morgan fingerprint density at radius 3 is 2.79 bits per heavy atom. The number of fused-ring (bicyclic) bond motifs is 2. The topological polar surface area (TPSA) is 56.2 Å². The number of hydrogen-bond acceptors (Lipinski definition) is 6. The van der Waals surface area contributed by atoms with Crippen molar-refractivity contribution in [1.29, 1.82) is 0 Å². The van der Waals surface area contributed by atoms with Crippen LogP contribution in [0, 0.1) is 0 Å². The third-order valence-electron chi connectivity index (χ3n) is 4.60. The Balaban J connectivity index is 1.65. The third kappa shape index (κ3) is 3.59. The molecule has 0 radical (unpaired) electrons. The second kappa shape index (κ2) is 6.94. The maximum Gasteiger partial charge on any atom is 0.446 e. The summed E-state index contributed by atoms with van der Waals surface area (Å²) in [5, 5.41) is 5.49. The fourth-order valence-electron chi connectivity index (χ4n) is 3.27. The first-order valence-electron chi connectivity index (χ1n) is 9.10. The zero-order chi connectivity index (χ0) is 20.2. The number of nitrogens with zero attached hydrogens (tertiary/aromatic N) is 4. The van der Waals surface area contributed by atoms with Gasteiger partial charge in [-0.05, 0) is 54.6 Å². The van der Waals surface area contributed by atoms with Gasteiger partial charge in [-0.1, -0.05) is 6.92 Å². The molecule has 0 N–H and O–H groups in total. The number of rotatable bonds is 5. The lowest BCUT2D eigenvalue weighted by atomic mass is 10.2. The van der Waals surface area contributed by atoms with Crippen LogP contribution in [0.1, 0.15) is 31.4 Å². The van der Waals surface area contributed by atoms with Crippen molar-refractivity contribution in [3.63, 3.8) is 0 Å². The van der Waals surface area contributed by atoms with Gasteiger partial charge in [0.2, 0.25) is 5.89 Å². The van der Waals surface area contributed by atoms with Gasteiger partial charge in [-0.3, -0.25) is 0 Å². The summed E-state index contributed by atoms with van der Waals surface area (Å²) in [4.78, 5) is 9.05. The van der Waals surface area contributed by atoms with Crippen LogP contribution in [-0.2, 0) is 0 Å². The monoisotopic (exact) mass is 436 g/mol. The Kier molecular flexibility index (Phi) is 4.50. The van der Waals surface area contributed by atoms with Gasteiger partial charge < -0.3 is 4.42 Å². The van der Waals surface area contributed by atoms with E-state index in [-0.39, 0.29) is 16.7 Å². The highest BCUT2D eigenvalue weighted by Gasteiger charge is 2.31. The van der Waals surface area contributed by atoms with E-state index in [1.54, 1.807) is 18.0 Å². The number of alkyl halides is 3. The van der Waals surface area contributed by atoms with Crippen molar-refractivity contribution in [3.05, 3.63) is 36.2 Å². The molecule has 0 spiro atoms. The van der Waals surface area contributed by atoms with Gasteiger partial charge in [0.25, 0.3) is 0 Å². The van der Waals surface area contributed by atoms with Crippen molar-refractivity contribution >= 4 is 40.3 Å². The summed E-state index contributed by atoms with van der Waals surface area (Å²) < 4.78 is 45.8. The van der Waals surface area contributed by atoms with Crippen LogP contribution in [-0.4, -0.2) is 30.8 Å². The number of oxazole rings is 1. The molecular weight excluding hydrogens is 421 g/mol. The van der Waals surface area contributed by atoms with Crippen LogP contribution in [0.25, 0.3) is 28.2 Å². The zero-order valence-corrected chi connectivity index (χ0v) is 16.9. The predicted molar refractivity (Wildman–Crippen MR) is 106 cm³/mol. The smallest absolute Gasteiger partial charge is 0.436 e. The molecule has 1 saturated carbocycles. The van der Waals surface area contributed by atoms with E-state index in [1.165, 1.54) is 18.2 Å². The maximum absolute atomic E-state index is 12.7. The van der Waals surface area contributed by atoms with Gasteiger partial charge in [-0.15, -0.1) is 11.8 Å². The van der Waals surface area contributed by atoms with Crippen LogP contribution in [0.15, 0.2) is 44.8 Å². The quantitative estimate of drug-likeness (QED) is 0.350. The van der Waals surface area contributed by atoms with E-state index in [2.05, 4.69) is 9.97 Å². The third-order valence-corrected chi connectivity index (χ3v) is 6.17. The Bertz CT molecular complexity index is 1210. The highest BCUT2D eigenvalue weighted by atomic mass is 32.2. The van der Waals surface area contributed by atoms with Gasteiger partial charge in [0.05, 0.1) is 0 Å². The van der Waals surface area contributed by atoms with E-state index >= 15 is 0 Å². The van der Waals surface area contributed by atoms with Crippen molar-refractivity contribution in [2.75, 3.05) is 5.75 Å². The molecule has 3 aromatic heterocycles. The maximum atomic E-state index is 12.7. The van der Waals surface area contributed by atoms with Crippen molar-refractivity contribution in [2.45, 2.75) is 41.1 Å². The molecule has 0 unspecified atom stereocenters. The molecule has 1 aliphatic carbocycles. The largest absolute Gasteiger partial charge is 0.446 e. The van der Waals surface area contributed by atoms with Gasteiger partial charge in [0.15, 0.2) is 11.2 Å². The van der Waals surface area contributed by atoms with Crippen molar-refractivity contribution in [2.24, 2.45) is 0 Å². The lowest BCUT2D eigenvalue weighted by Gasteiger charge is -2.04. The predicted octanol–water partition coefficient (Wildman–Crippen LogP) is 6.14. The average Bonchev–Trinajstić information content (AvgIpc) is 3.31. The molecule has 3 heterocycles. The molecule has 0 bridgehead atoms. The fraction of sp³-hybridized carbons (Fsp3) is 0.316. The van der Waals surface area contributed by atoms with E-state index in [0.717, 1.165) is 29.3 Å². The molecule has 1 aliphatic rings. The molecule has 1 fully saturated rings. The highest BCUT2D eigenvalue weighted by Crippen LogP contribution is 2.43. The van der Waals surface area contributed by atoms with E-state index in [0.29, 0.717) is 34.1 Å². The number of hydrogen-bond donors (Lipinski definition) is 0. The Morgan fingerprint density at radius 2 is 2.07 bits per heavy atom. The molecule has 0 aliphatic heterocycles. The van der Waals surface area contributed by atoms with Gasteiger partial charge in [-0.2, -0.15) is 18.3 Å². The first-order chi connectivity index (χ1) is 13.9. The van der Waals surface area contributed by atoms with E-state index in [4.69, 9.17) is 9.52 Å². The SMILES string of the molecule is CCSc1nn2c(C3CC3)ccnc2c1-c1nc2cc(SC(F)(F)F)ccc2o1. The van der Waals surface area contributed by atoms with Crippen LogP contribution < -0.4 is 0 Å². The van der Waals surface area contributed by atoms with Gasteiger partial charge in [0.1, 0.15) is 16.1 Å². The second-order valence-corrected chi connectivity index (χ2v) is 9.08. The van der Waals surface area contributed by atoms with Gasteiger partial charge in [0, 0.05) is 22.7 Å². The molecule has 0 amide bonds. The number of aromatic nitrogens is 4. The van der Waals surface area contributed by atoms with E-state index in [1.807, 2.05) is 17.5 Å². The summed E-state index contributed by atoms with van der Waals surface area (Å²) in [5.74, 6) is 1.61. The molecule has 10 heteroatoms. The van der Waals surface area contributed by atoms with Crippen LogP contribution in [0.5, 0.6) is 0 Å². The van der Waals surface area contributed by atoms with Crippen LogP contribution in [0.4, 0.5) is 13.2 Å². The van der Waals surface area contributed by atoms with Gasteiger partial charge in [-0.25, -0.2) is 14.5 Å². The van der Waals surface area contributed by atoms with Crippen molar-refractivity contribution in [3.8, 4) is 11.5 Å². The first-order valence-corrected chi connectivity index (χ1v) is 10.9. The van der Waals surface area contributed by atoms with Gasteiger partial charge >= 0.3 is 5.51 Å². The summed E-state index contributed by atoms with van der Waals surface area (Å²) in [6, 6.07) is 6.27. The molecule has 1 aromatic carbocycles. The minimum atomic E-state index is -4.35. The van der Waals surface area contributed by atoms with Crippen LogP contribution in [0.2, 0.25) is 0 Å². The number of halogens is 3. The summed E-state index contributed by atoms with van der Waals surface area (Å²) in [6.45, 7) is 2.03. The standard InChI is InChI=1S/C19H15F3N4OS2/c1-2-28-18-15(16-23-8-7-13(10-3-4-10)26(16)25-18)17-24-12-9-11(29-19(20,21)22)5-6-14(12)27-17/h5-10H,2-4H2,1H3. The number of benzene rings is 1. The summed E-state index contributed by atoms with van der Waals surface area (Å²) in [7, 11) is 0. The van der Waals surface area contributed by atoms with E-state index < -0.39 is 5.51 Å². The van der Waals surface area contributed by atoms with Crippen LogP contribution >= 0.6 is 23.5 Å². The molecule has 0 atom stereocenters. The zero-order valence-electron chi connectivity index (χ0n) is 15.2. The van der Waals surface area contributed by atoms with Crippen molar-refractivity contribution in [1.82, 2.24) is 19.6 Å². The molecule has 5 rings (SSSR count). The van der Waals surface area contributed by atoms with E-state index in [9.17, 15) is 13.2 Å². The minimum absolute atomic E-state index is 0.0713. The number of thioether (sulfide) groups is 2. The molecule has 0 saturated heterocycles. The first kappa shape index (κ1) is 18.8. The Hall–Kier alpha value is -2.20. The molecule has 150 valence electrons. The lowest BCUT2D eigenvalue weighted by Crippen LogP contribution is -1.98. The average molecular weight is 436 g/mol. The lowest BCUT2D eigenvalue weighted by molar-refractivity contribution is -0.0328. The summed E-state index contributed by atoms with van der Waals surface area (Å²) >= 11 is 1.39. The Labute approximate surface area is 172 Å². The summed E-state index contributed by atoms with van der Waals surface area (Å²) in [5.41, 5.74) is -1.10. The minimum Gasteiger partial charge on any atom is -0.436 e. The fourth-order valence-corrected chi connectivity index (χ4v) is 4.58. The highest BCUT2D eigenvalue weighted by molar-refractivity contribution is 8.00.